The zero-order valence-electron chi connectivity index (χ0n) is 15.6. The Morgan fingerprint density at radius 3 is 2.62 bits per heavy atom. The van der Waals surface area contributed by atoms with E-state index in [1.54, 1.807) is 42.5 Å². The highest BCUT2D eigenvalue weighted by atomic mass is 79.9. The fraction of sp³-hybridized carbons (Fsp3) is 0.211. The number of rotatable bonds is 6. The zero-order valence-corrected chi connectivity index (χ0v) is 18.8. The van der Waals surface area contributed by atoms with Crippen LogP contribution in [0.3, 0.4) is 0 Å². The molecule has 0 aliphatic heterocycles. The molecule has 2 aromatic carbocycles. The average Bonchev–Trinajstić information content (AvgIpc) is 2.65. The summed E-state index contributed by atoms with van der Waals surface area (Å²) in [5, 5.41) is 2.76. The van der Waals surface area contributed by atoms with Gasteiger partial charge in [-0.15, -0.1) is 0 Å². The van der Waals surface area contributed by atoms with E-state index in [9.17, 15) is 9.59 Å². The van der Waals surface area contributed by atoms with Crippen molar-refractivity contribution < 1.29 is 19.1 Å². The van der Waals surface area contributed by atoms with Crippen molar-refractivity contribution in [2.24, 2.45) is 0 Å². The van der Waals surface area contributed by atoms with Gasteiger partial charge >= 0.3 is 0 Å². The first kappa shape index (κ1) is 22.9. The SMILES string of the molecule is CC(C)Oc1cccc(C(=O)NC(=S)NNC(=O)COc2ccc(Br)cc2Cl)c1. The van der Waals surface area contributed by atoms with Crippen molar-refractivity contribution in [2.45, 2.75) is 20.0 Å². The van der Waals surface area contributed by atoms with Crippen LogP contribution >= 0.6 is 39.7 Å². The first-order valence-corrected chi connectivity index (χ1v) is 10.1. The molecule has 0 fully saturated rings. The minimum Gasteiger partial charge on any atom is -0.491 e. The van der Waals surface area contributed by atoms with Gasteiger partial charge in [-0.3, -0.25) is 25.8 Å². The highest BCUT2D eigenvalue weighted by Gasteiger charge is 2.11. The number of nitrogens with one attached hydrogen (secondary N) is 3. The molecule has 2 aromatic rings. The summed E-state index contributed by atoms with van der Waals surface area (Å²) in [5.41, 5.74) is 5.14. The Balaban J connectivity index is 1.78. The van der Waals surface area contributed by atoms with E-state index in [0.29, 0.717) is 22.1 Å². The summed E-state index contributed by atoms with van der Waals surface area (Å²) in [7, 11) is 0. The van der Waals surface area contributed by atoms with Crippen LogP contribution in [0.5, 0.6) is 11.5 Å². The molecule has 3 N–H and O–H groups in total. The predicted molar refractivity (Wildman–Crippen MR) is 118 cm³/mol. The summed E-state index contributed by atoms with van der Waals surface area (Å²) in [6.45, 7) is 3.49. The molecule has 0 saturated heterocycles. The Bertz CT molecular complexity index is 911. The lowest BCUT2D eigenvalue weighted by Crippen LogP contribution is -2.49. The second-order valence-corrected chi connectivity index (χ2v) is 7.75. The molecule has 0 radical (unpaired) electrons. The average molecular weight is 501 g/mol. The van der Waals surface area contributed by atoms with Crippen LogP contribution in [0.25, 0.3) is 0 Å². The van der Waals surface area contributed by atoms with Crippen LogP contribution in [0, 0.1) is 0 Å². The van der Waals surface area contributed by atoms with E-state index in [2.05, 4.69) is 32.1 Å². The van der Waals surface area contributed by atoms with E-state index in [0.717, 1.165) is 4.47 Å². The fourth-order valence-corrected chi connectivity index (χ4v) is 2.96. The molecule has 0 bridgehead atoms. The summed E-state index contributed by atoms with van der Waals surface area (Å²) in [5.74, 6) is -0.00950. The van der Waals surface area contributed by atoms with Gasteiger partial charge in [0.25, 0.3) is 11.8 Å². The lowest BCUT2D eigenvalue weighted by atomic mass is 10.2. The first-order chi connectivity index (χ1) is 13.7. The molecule has 0 heterocycles. The Labute approximate surface area is 187 Å². The van der Waals surface area contributed by atoms with Crippen molar-refractivity contribution in [2.75, 3.05) is 6.61 Å². The number of carbonyl (C=O) groups is 2. The Kier molecular flexibility index (Phi) is 8.69. The normalized spacial score (nSPS) is 10.2. The number of halogens is 2. The molecule has 154 valence electrons. The van der Waals surface area contributed by atoms with E-state index >= 15 is 0 Å². The van der Waals surface area contributed by atoms with Gasteiger partial charge < -0.3 is 9.47 Å². The molecule has 0 saturated carbocycles. The Morgan fingerprint density at radius 2 is 1.93 bits per heavy atom. The molecule has 0 unspecified atom stereocenters. The summed E-state index contributed by atoms with van der Waals surface area (Å²) in [4.78, 5) is 24.1. The van der Waals surface area contributed by atoms with E-state index < -0.39 is 11.8 Å². The smallest absolute Gasteiger partial charge is 0.276 e. The maximum absolute atomic E-state index is 12.3. The molecular weight excluding hydrogens is 482 g/mol. The van der Waals surface area contributed by atoms with Gasteiger partial charge in [0.1, 0.15) is 11.5 Å². The minimum absolute atomic E-state index is 0.0132. The van der Waals surface area contributed by atoms with Crippen molar-refractivity contribution >= 4 is 56.7 Å². The fourth-order valence-electron chi connectivity index (χ4n) is 2.09. The third-order valence-electron chi connectivity index (χ3n) is 3.26. The molecule has 0 atom stereocenters. The molecule has 0 spiro atoms. The number of hydrogen-bond donors (Lipinski definition) is 3. The lowest BCUT2D eigenvalue weighted by molar-refractivity contribution is -0.123. The zero-order chi connectivity index (χ0) is 21.4. The van der Waals surface area contributed by atoms with Crippen molar-refractivity contribution in [1.82, 2.24) is 16.2 Å². The van der Waals surface area contributed by atoms with Crippen molar-refractivity contribution in [3.8, 4) is 11.5 Å². The monoisotopic (exact) mass is 499 g/mol. The number of carbonyl (C=O) groups excluding carboxylic acids is 2. The van der Waals surface area contributed by atoms with Gasteiger partial charge in [0.05, 0.1) is 11.1 Å². The highest BCUT2D eigenvalue weighted by Crippen LogP contribution is 2.27. The molecule has 0 aromatic heterocycles. The molecule has 2 amide bonds. The van der Waals surface area contributed by atoms with Gasteiger partial charge in [0.2, 0.25) is 0 Å². The summed E-state index contributed by atoms with van der Waals surface area (Å²) in [6, 6.07) is 11.7. The third-order valence-corrected chi connectivity index (χ3v) is 4.26. The van der Waals surface area contributed by atoms with Crippen molar-refractivity contribution in [3.63, 3.8) is 0 Å². The first-order valence-electron chi connectivity index (χ1n) is 8.49. The second kappa shape index (κ2) is 11.0. The van der Waals surface area contributed by atoms with Gasteiger partial charge in [-0.25, -0.2) is 0 Å². The van der Waals surface area contributed by atoms with Crippen molar-refractivity contribution in [3.05, 3.63) is 57.5 Å². The van der Waals surface area contributed by atoms with Crippen LogP contribution in [0.2, 0.25) is 5.02 Å². The van der Waals surface area contributed by atoms with Crippen LogP contribution in [-0.2, 0) is 4.79 Å². The summed E-state index contributed by atoms with van der Waals surface area (Å²) in [6.07, 6.45) is -0.0132. The minimum atomic E-state index is -0.507. The predicted octanol–water partition coefficient (Wildman–Crippen LogP) is 3.60. The summed E-state index contributed by atoms with van der Waals surface area (Å²) < 4.78 is 11.7. The van der Waals surface area contributed by atoms with Crippen LogP contribution in [0.1, 0.15) is 24.2 Å². The number of ether oxygens (including phenoxy) is 2. The number of hydrogen-bond acceptors (Lipinski definition) is 5. The quantitative estimate of drug-likeness (QED) is 0.415. The number of amides is 2. The lowest BCUT2D eigenvalue weighted by Gasteiger charge is -2.13. The standard InChI is InChI=1S/C19H19BrClN3O4S/c1-11(2)28-14-5-3-4-12(8-14)18(26)22-19(29)24-23-17(25)10-27-16-7-6-13(20)9-15(16)21/h3-9,11H,10H2,1-2H3,(H,23,25)(H2,22,24,26,29). The van der Waals surface area contributed by atoms with E-state index in [1.807, 2.05) is 13.8 Å². The molecule has 7 nitrogen and oxygen atoms in total. The molecule has 29 heavy (non-hydrogen) atoms. The van der Waals surface area contributed by atoms with Crippen LogP contribution in [0.15, 0.2) is 46.9 Å². The molecule has 0 aliphatic rings. The van der Waals surface area contributed by atoms with Gasteiger partial charge in [-0.1, -0.05) is 33.6 Å². The van der Waals surface area contributed by atoms with Crippen LogP contribution in [0.4, 0.5) is 0 Å². The molecular formula is C19H19BrClN3O4S. The van der Waals surface area contributed by atoms with Crippen LogP contribution in [-0.4, -0.2) is 29.6 Å². The maximum Gasteiger partial charge on any atom is 0.276 e. The number of benzene rings is 2. The third kappa shape index (κ3) is 7.88. The molecule has 10 heteroatoms. The van der Waals surface area contributed by atoms with Gasteiger partial charge in [0, 0.05) is 10.0 Å². The van der Waals surface area contributed by atoms with E-state index in [4.69, 9.17) is 33.3 Å². The number of hydrazine groups is 1. The topological polar surface area (TPSA) is 88.7 Å². The molecule has 0 aliphatic carbocycles. The largest absolute Gasteiger partial charge is 0.491 e. The molecule has 2 rings (SSSR count). The van der Waals surface area contributed by atoms with E-state index in [1.165, 1.54) is 0 Å². The summed E-state index contributed by atoms with van der Waals surface area (Å²) >= 11 is 14.3. The number of thiocarbonyl (C=S) groups is 1. The highest BCUT2D eigenvalue weighted by molar-refractivity contribution is 9.10. The Hall–Kier alpha value is -2.36. The van der Waals surface area contributed by atoms with Gasteiger partial charge in [-0.05, 0) is 62.5 Å². The maximum atomic E-state index is 12.3. The van der Waals surface area contributed by atoms with E-state index in [-0.39, 0.29) is 17.8 Å². The van der Waals surface area contributed by atoms with Crippen molar-refractivity contribution in [1.29, 1.82) is 0 Å². The Morgan fingerprint density at radius 1 is 1.17 bits per heavy atom. The second-order valence-electron chi connectivity index (χ2n) is 6.01. The van der Waals surface area contributed by atoms with Gasteiger partial charge in [0.15, 0.2) is 11.7 Å². The van der Waals surface area contributed by atoms with Crippen LogP contribution < -0.4 is 25.6 Å². The van der Waals surface area contributed by atoms with Gasteiger partial charge in [-0.2, -0.15) is 0 Å².